The first-order chi connectivity index (χ1) is 12.6. The van der Waals surface area contributed by atoms with Crippen molar-refractivity contribution in [3.8, 4) is 17.0 Å². The largest absolute Gasteiger partial charge is 0.497 e. The third kappa shape index (κ3) is 3.65. The van der Waals surface area contributed by atoms with E-state index in [2.05, 4.69) is 9.88 Å². The molecule has 4 rings (SSSR count). The lowest BCUT2D eigenvalue weighted by Crippen LogP contribution is -2.19. The van der Waals surface area contributed by atoms with E-state index in [9.17, 15) is 4.79 Å². The summed E-state index contributed by atoms with van der Waals surface area (Å²) in [6, 6.07) is 13.6. The van der Waals surface area contributed by atoms with Crippen molar-refractivity contribution in [1.29, 1.82) is 0 Å². The molecule has 1 aliphatic rings. The molecule has 0 radical (unpaired) electrons. The molecule has 2 aromatic carbocycles. The Morgan fingerprint density at radius 3 is 2.46 bits per heavy atom. The molecule has 0 saturated carbocycles. The Labute approximate surface area is 176 Å². The number of aromatic amines is 1. The Morgan fingerprint density at radius 2 is 1.79 bits per heavy atom. The van der Waals surface area contributed by atoms with Crippen molar-refractivity contribution in [2.24, 2.45) is 4.99 Å². The molecule has 0 saturated heterocycles. The smallest absolute Gasteiger partial charge is 0.199 e. The van der Waals surface area contributed by atoms with Gasteiger partial charge in [-0.15, -0.1) is 24.8 Å². The van der Waals surface area contributed by atoms with Crippen LogP contribution < -0.4 is 10.2 Å². The van der Waals surface area contributed by atoms with Gasteiger partial charge in [-0.1, -0.05) is 24.3 Å². The van der Waals surface area contributed by atoms with Gasteiger partial charge >= 0.3 is 0 Å². The topological polar surface area (TPSA) is 57.7 Å². The molecule has 0 unspecified atom stereocenters. The number of ether oxygens (including phenoxy) is 1. The highest BCUT2D eigenvalue weighted by molar-refractivity contribution is 6.24. The predicted molar refractivity (Wildman–Crippen MR) is 120 cm³/mol. The zero-order valence-electron chi connectivity index (χ0n) is 16.0. The van der Waals surface area contributed by atoms with E-state index >= 15 is 0 Å². The van der Waals surface area contributed by atoms with Gasteiger partial charge in [0.05, 0.1) is 36.1 Å². The number of benzene rings is 2. The first-order valence-electron chi connectivity index (χ1n) is 8.63. The Hall–Kier alpha value is -2.34. The van der Waals surface area contributed by atoms with Crippen molar-refractivity contribution < 1.29 is 4.74 Å². The van der Waals surface area contributed by atoms with Crippen molar-refractivity contribution >= 4 is 41.4 Å². The number of halogens is 2. The molecule has 7 heteroatoms. The summed E-state index contributed by atoms with van der Waals surface area (Å²) in [5.41, 5.74) is 5.13. The summed E-state index contributed by atoms with van der Waals surface area (Å²) in [5, 5.41) is 0.621. The van der Waals surface area contributed by atoms with E-state index in [4.69, 9.17) is 9.73 Å². The minimum atomic E-state index is -0.00699. The number of rotatable bonds is 4. The third-order valence-electron chi connectivity index (χ3n) is 4.71. The second kappa shape index (κ2) is 8.78. The van der Waals surface area contributed by atoms with Gasteiger partial charge in [0.2, 0.25) is 0 Å². The zero-order chi connectivity index (χ0) is 18.3. The summed E-state index contributed by atoms with van der Waals surface area (Å²) >= 11 is 0. The van der Waals surface area contributed by atoms with Gasteiger partial charge in [-0.2, -0.15) is 0 Å². The van der Waals surface area contributed by atoms with Crippen molar-refractivity contribution in [1.82, 2.24) is 9.88 Å². The zero-order valence-corrected chi connectivity index (χ0v) is 17.6. The molecule has 0 aliphatic heterocycles. The quantitative estimate of drug-likeness (QED) is 0.547. The second-order valence-corrected chi connectivity index (χ2v) is 6.69. The van der Waals surface area contributed by atoms with Crippen molar-refractivity contribution in [3.05, 3.63) is 63.8 Å². The Morgan fingerprint density at radius 1 is 1.07 bits per heavy atom. The van der Waals surface area contributed by atoms with Crippen molar-refractivity contribution in [2.45, 2.75) is 0 Å². The lowest BCUT2D eigenvalue weighted by Gasteiger charge is -2.08. The minimum absolute atomic E-state index is 0. The summed E-state index contributed by atoms with van der Waals surface area (Å²) < 4.78 is 5.29. The number of aromatic nitrogens is 1. The lowest BCUT2D eigenvalue weighted by atomic mass is 10.1. The molecule has 0 bridgehead atoms. The average Bonchev–Trinajstić information content (AvgIpc) is 2.96. The summed E-state index contributed by atoms with van der Waals surface area (Å²) in [4.78, 5) is 23.6. The number of methoxy groups -OCH3 is 1. The van der Waals surface area contributed by atoms with Crippen molar-refractivity contribution in [3.63, 3.8) is 0 Å². The van der Waals surface area contributed by atoms with E-state index in [1.54, 1.807) is 13.2 Å². The number of H-pyrrole nitrogens is 1. The molecule has 1 heterocycles. The molecule has 1 aromatic heterocycles. The maximum atomic E-state index is 13.3. The molecule has 1 N–H and O–H groups in total. The molecule has 3 aromatic rings. The van der Waals surface area contributed by atoms with Crippen LogP contribution in [0.1, 0.15) is 11.1 Å². The summed E-state index contributed by atoms with van der Waals surface area (Å²) in [5.74, 6) is 0.671. The fourth-order valence-electron chi connectivity index (χ4n) is 3.39. The van der Waals surface area contributed by atoms with E-state index < -0.39 is 0 Å². The van der Waals surface area contributed by atoms with Gasteiger partial charge < -0.3 is 14.6 Å². The SMILES string of the molecule is COc1ccc2[nH]c3c(c(=O)c2c1)C(=NCCN(C)C)c1ccccc1-3.Cl.Cl. The number of aliphatic imine (C=N–C) groups is 1. The van der Waals surface area contributed by atoms with Crippen molar-refractivity contribution in [2.75, 3.05) is 34.3 Å². The number of pyridine rings is 1. The van der Waals surface area contributed by atoms with Gasteiger partial charge in [-0.25, -0.2) is 0 Å². The van der Waals surface area contributed by atoms with Gasteiger partial charge in [0.25, 0.3) is 0 Å². The molecule has 0 atom stereocenters. The van der Waals surface area contributed by atoms with Crippen LogP contribution in [0.4, 0.5) is 0 Å². The summed E-state index contributed by atoms with van der Waals surface area (Å²) in [7, 11) is 5.64. The van der Waals surface area contributed by atoms with Crippen LogP contribution in [-0.4, -0.2) is 49.9 Å². The number of likely N-dealkylation sites (N-methyl/N-ethyl adjacent to an activating group) is 1. The molecule has 0 fully saturated rings. The Balaban J connectivity index is 0.00000140. The van der Waals surface area contributed by atoms with E-state index in [-0.39, 0.29) is 30.2 Å². The van der Waals surface area contributed by atoms with E-state index in [0.717, 1.165) is 34.6 Å². The normalized spacial score (nSPS) is 13.1. The second-order valence-electron chi connectivity index (χ2n) is 6.69. The molecule has 28 heavy (non-hydrogen) atoms. The van der Waals surface area contributed by atoms with Gasteiger partial charge in [-0.3, -0.25) is 9.79 Å². The van der Waals surface area contributed by atoms with Gasteiger partial charge in [-0.05, 0) is 32.3 Å². The maximum absolute atomic E-state index is 13.3. The monoisotopic (exact) mass is 419 g/mol. The number of fused-ring (bicyclic) bond motifs is 4. The number of nitrogens with one attached hydrogen (secondary N) is 1. The standard InChI is InChI=1S/C21H21N3O2.2ClH/c1-24(2)11-10-22-19-14-6-4-5-7-15(14)20-18(19)21(25)16-12-13(26-3)8-9-17(16)23-20;;/h4-9,12H,10-11H2,1-3H3,(H,23,25);2*1H. The number of hydrogen-bond donors (Lipinski definition) is 1. The molecule has 1 aliphatic carbocycles. The van der Waals surface area contributed by atoms with Gasteiger partial charge in [0.15, 0.2) is 5.43 Å². The van der Waals surface area contributed by atoms with E-state index in [1.807, 2.05) is 50.5 Å². The molecular weight excluding hydrogens is 397 g/mol. The minimum Gasteiger partial charge on any atom is -0.497 e. The van der Waals surface area contributed by atoms with Gasteiger partial charge in [0, 0.05) is 23.1 Å². The van der Waals surface area contributed by atoms with Crippen LogP contribution in [0.15, 0.2) is 52.3 Å². The number of hydrogen-bond acceptors (Lipinski definition) is 4. The summed E-state index contributed by atoms with van der Waals surface area (Å²) in [6.45, 7) is 1.48. The number of nitrogens with zero attached hydrogens (tertiary/aromatic N) is 2. The van der Waals surface area contributed by atoms with Crippen LogP contribution in [-0.2, 0) is 0 Å². The predicted octanol–water partition coefficient (Wildman–Crippen LogP) is 3.76. The molecule has 0 spiro atoms. The lowest BCUT2D eigenvalue weighted by molar-refractivity contribution is 0.415. The Bertz CT molecular complexity index is 1090. The summed E-state index contributed by atoms with van der Waals surface area (Å²) in [6.07, 6.45) is 0. The molecular formula is C21H23Cl2N3O2. The first-order valence-corrected chi connectivity index (χ1v) is 8.63. The molecule has 148 valence electrons. The molecule has 0 amide bonds. The van der Waals surface area contributed by atoms with Crippen LogP contribution in [0.2, 0.25) is 0 Å². The average molecular weight is 420 g/mol. The highest BCUT2D eigenvalue weighted by Gasteiger charge is 2.28. The van der Waals surface area contributed by atoms with E-state index in [0.29, 0.717) is 23.2 Å². The highest BCUT2D eigenvalue weighted by atomic mass is 35.5. The third-order valence-corrected chi connectivity index (χ3v) is 4.71. The van der Waals surface area contributed by atoms with Crippen LogP contribution in [0.5, 0.6) is 5.75 Å². The van der Waals surface area contributed by atoms with Crippen LogP contribution in [0.25, 0.3) is 22.2 Å². The fraction of sp³-hybridized carbons (Fsp3) is 0.238. The highest BCUT2D eigenvalue weighted by Crippen LogP contribution is 2.35. The van der Waals surface area contributed by atoms with Crippen LogP contribution in [0, 0.1) is 0 Å². The van der Waals surface area contributed by atoms with Crippen LogP contribution >= 0.6 is 24.8 Å². The fourth-order valence-corrected chi connectivity index (χ4v) is 3.39. The first kappa shape index (κ1) is 22.0. The van der Waals surface area contributed by atoms with Gasteiger partial charge in [0.1, 0.15) is 5.75 Å². The maximum Gasteiger partial charge on any atom is 0.199 e. The van der Waals surface area contributed by atoms with Crippen LogP contribution in [0.3, 0.4) is 0 Å². The Kier molecular flexibility index (Phi) is 6.88. The van der Waals surface area contributed by atoms with E-state index in [1.165, 1.54) is 0 Å². The molecule has 5 nitrogen and oxygen atoms in total.